The number of aromatic nitrogens is 1. The Balaban J connectivity index is 1.77. The predicted octanol–water partition coefficient (Wildman–Crippen LogP) is 8.90. The number of hydrogen-bond donors (Lipinski definition) is 0. The van der Waals surface area contributed by atoms with Gasteiger partial charge in [-0.25, -0.2) is 0 Å². The first-order valence-corrected chi connectivity index (χ1v) is 11.7. The van der Waals surface area contributed by atoms with E-state index in [4.69, 9.17) is 11.6 Å². The summed E-state index contributed by atoms with van der Waals surface area (Å²) in [5.41, 5.74) is 8.74. The molecule has 2 aliphatic carbocycles. The van der Waals surface area contributed by atoms with Crippen molar-refractivity contribution in [3.05, 3.63) is 113 Å². The molecule has 2 aliphatic rings. The van der Waals surface area contributed by atoms with Crippen molar-refractivity contribution < 1.29 is 0 Å². The number of allylic oxidation sites excluding steroid dienone is 8. The highest BCUT2D eigenvalue weighted by Crippen LogP contribution is 2.41. The van der Waals surface area contributed by atoms with Crippen LogP contribution in [0.4, 0.5) is 0 Å². The standard InChI is InChI=1S/C30H24ClN/c31-24-16-17-28-27(20-24)30-26(22-12-6-2-7-13-22)18-23(21-10-4-1-5-11-21)19-29(30)32(28)25-14-8-3-9-15-25/h3-4,6,8-20H,1-2,5,7H2. The zero-order valence-electron chi connectivity index (χ0n) is 17.9. The van der Waals surface area contributed by atoms with Gasteiger partial charge in [0.2, 0.25) is 0 Å². The van der Waals surface area contributed by atoms with Gasteiger partial charge < -0.3 is 4.57 Å². The fourth-order valence-electron chi connectivity index (χ4n) is 5.01. The lowest BCUT2D eigenvalue weighted by atomic mass is 9.90. The molecule has 0 unspecified atom stereocenters. The monoisotopic (exact) mass is 433 g/mol. The summed E-state index contributed by atoms with van der Waals surface area (Å²) in [6.07, 6.45) is 18.3. The van der Waals surface area contributed by atoms with Gasteiger partial charge in [0, 0.05) is 21.5 Å². The van der Waals surface area contributed by atoms with Crippen molar-refractivity contribution >= 4 is 44.6 Å². The van der Waals surface area contributed by atoms with E-state index in [1.54, 1.807) is 0 Å². The van der Waals surface area contributed by atoms with Gasteiger partial charge in [-0.3, -0.25) is 0 Å². The molecule has 0 spiro atoms. The van der Waals surface area contributed by atoms with E-state index in [2.05, 4.69) is 95.6 Å². The number of rotatable bonds is 3. The van der Waals surface area contributed by atoms with Crippen LogP contribution in [0.1, 0.15) is 36.8 Å². The first-order valence-electron chi connectivity index (χ1n) is 11.4. The van der Waals surface area contributed by atoms with E-state index in [9.17, 15) is 0 Å². The zero-order chi connectivity index (χ0) is 21.5. The van der Waals surface area contributed by atoms with Crippen molar-refractivity contribution in [2.24, 2.45) is 0 Å². The van der Waals surface area contributed by atoms with Crippen LogP contribution in [-0.4, -0.2) is 4.57 Å². The molecule has 6 rings (SSSR count). The van der Waals surface area contributed by atoms with Crippen LogP contribution in [0.25, 0.3) is 38.6 Å². The normalized spacial score (nSPS) is 15.9. The maximum absolute atomic E-state index is 6.51. The lowest BCUT2D eigenvalue weighted by Crippen LogP contribution is -1.96. The van der Waals surface area contributed by atoms with Gasteiger partial charge >= 0.3 is 0 Å². The maximum atomic E-state index is 6.51. The van der Waals surface area contributed by atoms with Crippen LogP contribution in [-0.2, 0) is 0 Å². The molecular formula is C30H24ClN. The number of para-hydroxylation sites is 1. The SMILES string of the molecule is Clc1ccc2c(c1)c1c(C3=CCCC=C3)cc(C3=CCCC=C3)cc1n2-c1ccccc1. The van der Waals surface area contributed by atoms with Crippen LogP contribution in [0, 0.1) is 0 Å². The van der Waals surface area contributed by atoms with Crippen molar-refractivity contribution in [2.75, 3.05) is 0 Å². The van der Waals surface area contributed by atoms with Crippen molar-refractivity contribution in [2.45, 2.75) is 25.7 Å². The minimum atomic E-state index is 0.769. The van der Waals surface area contributed by atoms with Gasteiger partial charge in [-0.1, -0.05) is 66.3 Å². The van der Waals surface area contributed by atoms with Crippen LogP contribution in [0.3, 0.4) is 0 Å². The van der Waals surface area contributed by atoms with Gasteiger partial charge in [0.05, 0.1) is 11.0 Å². The molecule has 1 aromatic heterocycles. The second-order valence-corrected chi connectivity index (χ2v) is 8.97. The summed E-state index contributed by atoms with van der Waals surface area (Å²) in [5.74, 6) is 0. The highest BCUT2D eigenvalue weighted by atomic mass is 35.5. The molecule has 1 nitrogen and oxygen atoms in total. The molecule has 3 aromatic carbocycles. The molecule has 0 atom stereocenters. The fourth-order valence-corrected chi connectivity index (χ4v) is 5.18. The number of fused-ring (bicyclic) bond motifs is 3. The molecule has 0 aliphatic heterocycles. The highest BCUT2D eigenvalue weighted by Gasteiger charge is 2.19. The summed E-state index contributed by atoms with van der Waals surface area (Å²) in [4.78, 5) is 0. The highest BCUT2D eigenvalue weighted by molar-refractivity contribution is 6.32. The minimum Gasteiger partial charge on any atom is -0.309 e. The van der Waals surface area contributed by atoms with Gasteiger partial charge in [-0.15, -0.1) is 0 Å². The van der Waals surface area contributed by atoms with E-state index in [0.717, 1.165) is 30.7 Å². The van der Waals surface area contributed by atoms with Crippen LogP contribution in [0.2, 0.25) is 5.02 Å². The van der Waals surface area contributed by atoms with Crippen LogP contribution >= 0.6 is 11.6 Å². The van der Waals surface area contributed by atoms with Gasteiger partial charge in [-0.2, -0.15) is 0 Å². The average molecular weight is 434 g/mol. The third kappa shape index (κ3) is 3.25. The van der Waals surface area contributed by atoms with Gasteiger partial charge in [0.15, 0.2) is 0 Å². The summed E-state index contributed by atoms with van der Waals surface area (Å²) in [5, 5.41) is 3.24. The number of nitrogens with zero attached hydrogens (tertiary/aromatic N) is 1. The number of hydrogen-bond acceptors (Lipinski definition) is 0. The molecule has 2 heteroatoms. The van der Waals surface area contributed by atoms with E-state index in [1.807, 2.05) is 6.07 Å². The van der Waals surface area contributed by atoms with E-state index in [1.165, 1.54) is 49.8 Å². The first kappa shape index (κ1) is 19.4. The third-order valence-electron chi connectivity index (χ3n) is 6.48. The third-order valence-corrected chi connectivity index (χ3v) is 6.71. The molecule has 0 radical (unpaired) electrons. The molecule has 32 heavy (non-hydrogen) atoms. The molecule has 1 heterocycles. The summed E-state index contributed by atoms with van der Waals surface area (Å²) in [7, 11) is 0. The topological polar surface area (TPSA) is 4.93 Å². The predicted molar refractivity (Wildman–Crippen MR) is 138 cm³/mol. The molecule has 4 aromatic rings. The Morgan fingerprint density at radius 3 is 2.16 bits per heavy atom. The molecule has 0 saturated heterocycles. The Kier molecular flexibility index (Phi) is 4.85. The Labute approximate surface area is 193 Å². The second kappa shape index (κ2) is 8.00. The maximum Gasteiger partial charge on any atom is 0.0553 e. The summed E-state index contributed by atoms with van der Waals surface area (Å²) in [6.45, 7) is 0. The second-order valence-electron chi connectivity index (χ2n) is 8.53. The van der Waals surface area contributed by atoms with E-state index in [0.29, 0.717) is 0 Å². The lowest BCUT2D eigenvalue weighted by Gasteiger charge is -2.15. The Morgan fingerprint density at radius 1 is 0.688 bits per heavy atom. The Bertz CT molecular complexity index is 1460. The van der Waals surface area contributed by atoms with Gasteiger partial charge in [0.1, 0.15) is 0 Å². The van der Waals surface area contributed by atoms with Crippen LogP contribution in [0.15, 0.2) is 97.1 Å². The fraction of sp³-hybridized carbons (Fsp3) is 0.133. The first-order chi connectivity index (χ1) is 15.8. The lowest BCUT2D eigenvalue weighted by molar-refractivity contribution is 1.04. The Morgan fingerprint density at radius 2 is 1.44 bits per heavy atom. The summed E-state index contributed by atoms with van der Waals surface area (Å²) in [6, 6.07) is 21.6. The molecule has 0 amide bonds. The largest absolute Gasteiger partial charge is 0.309 e. The van der Waals surface area contributed by atoms with Crippen molar-refractivity contribution in [1.82, 2.24) is 4.57 Å². The van der Waals surface area contributed by atoms with Crippen molar-refractivity contribution in [3.63, 3.8) is 0 Å². The van der Waals surface area contributed by atoms with Crippen LogP contribution in [0.5, 0.6) is 0 Å². The molecular weight excluding hydrogens is 410 g/mol. The van der Waals surface area contributed by atoms with E-state index >= 15 is 0 Å². The van der Waals surface area contributed by atoms with E-state index < -0.39 is 0 Å². The minimum absolute atomic E-state index is 0.769. The van der Waals surface area contributed by atoms with Crippen LogP contribution < -0.4 is 0 Å². The number of halogens is 1. The quantitative estimate of drug-likeness (QED) is 0.304. The van der Waals surface area contributed by atoms with Gasteiger partial charge in [0.25, 0.3) is 0 Å². The molecule has 156 valence electrons. The smallest absolute Gasteiger partial charge is 0.0553 e. The summed E-state index contributed by atoms with van der Waals surface area (Å²) >= 11 is 6.51. The van der Waals surface area contributed by atoms with Crippen molar-refractivity contribution in [3.8, 4) is 5.69 Å². The molecule has 0 fully saturated rings. The van der Waals surface area contributed by atoms with Gasteiger partial charge in [-0.05, 0) is 90.4 Å². The van der Waals surface area contributed by atoms with Crippen molar-refractivity contribution in [1.29, 1.82) is 0 Å². The molecule has 0 N–H and O–H groups in total. The van der Waals surface area contributed by atoms with E-state index in [-0.39, 0.29) is 0 Å². The molecule has 0 bridgehead atoms. The molecule has 0 saturated carbocycles. The zero-order valence-corrected chi connectivity index (χ0v) is 18.6. The number of benzene rings is 3. The Hall–Kier alpha value is -3.29. The summed E-state index contributed by atoms with van der Waals surface area (Å²) < 4.78 is 2.38. The average Bonchev–Trinajstić information content (AvgIpc) is 3.18.